The minimum absolute atomic E-state index is 0.0827. The lowest BCUT2D eigenvalue weighted by Gasteiger charge is -2.21. The summed E-state index contributed by atoms with van der Waals surface area (Å²) in [4.78, 5) is 11.8. The van der Waals surface area contributed by atoms with E-state index < -0.39 is 17.6 Å². The Morgan fingerprint density at radius 2 is 2.06 bits per heavy atom. The lowest BCUT2D eigenvalue weighted by atomic mass is 9.98. The molecule has 96 valence electrons. The average Bonchev–Trinajstić information content (AvgIpc) is 2.90. The zero-order valence-corrected chi connectivity index (χ0v) is 9.86. The van der Waals surface area contributed by atoms with Crippen LogP contribution in [0.3, 0.4) is 0 Å². The van der Waals surface area contributed by atoms with Crippen molar-refractivity contribution in [1.29, 1.82) is 0 Å². The Labute approximate surface area is 104 Å². The summed E-state index contributed by atoms with van der Waals surface area (Å²) in [5.74, 6) is -1.13. The molecule has 0 radical (unpaired) electrons. The molecule has 1 aromatic rings. The van der Waals surface area contributed by atoms with Gasteiger partial charge in [-0.05, 0) is 49.7 Å². The minimum atomic E-state index is -0.858. The zero-order chi connectivity index (χ0) is 12.7. The third-order valence-corrected chi connectivity index (χ3v) is 4.08. The van der Waals surface area contributed by atoms with Crippen molar-refractivity contribution in [3.05, 3.63) is 35.4 Å². The van der Waals surface area contributed by atoms with E-state index in [1.807, 2.05) is 0 Å². The number of halogens is 2. The lowest BCUT2D eigenvalue weighted by Crippen LogP contribution is -2.24. The first-order chi connectivity index (χ1) is 8.63. The zero-order valence-electron chi connectivity index (χ0n) is 9.86. The van der Waals surface area contributed by atoms with E-state index in [1.54, 1.807) is 0 Å². The van der Waals surface area contributed by atoms with Crippen LogP contribution in [0.25, 0.3) is 0 Å². The van der Waals surface area contributed by atoms with Crippen molar-refractivity contribution in [2.45, 2.75) is 31.8 Å². The second-order valence-corrected chi connectivity index (χ2v) is 5.24. The fourth-order valence-electron chi connectivity index (χ4n) is 3.19. The molecule has 0 N–H and O–H groups in total. The van der Waals surface area contributed by atoms with Gasteiger partial charge in [-0.1, -0.05) is 0 Å². The maximum Gasteiger partial charge on any atom is 0.341 e. The number of hydrogen-bond acceptors (Lipinski definition) is 2. The molecule has 2 saturated carbocycles. The van der Waals surface area contributed by atoms with E-state index in [2.05, 4.69) is 0 Å². The molecule has 0 aliphatic heterocycles. The predicted molar refractivity (Wildman–Crippen MR) is 61.0 cm³/mol. The summed E-state index contributed by atoms with van der Waals surface area (Å²) in [6.45, 7) is 0. The fourth-order valence-corrected chi connectivity index (χ4v) is 3.19. The van der Waals surface area contributed by atoms with Crippen LogP contribution in [0.2, 0.25) is 0 Å². The van der Waals surface area contributed by atoms with E-state index >= 15 is 0 Å². The molecule has 2 aliphatic rings. The second kappa shape index (κ2) is 4.34. The van der Waals surface area contributed by atoms with E-state index in [0.29, 0.717) is 17.9 Å². The molecule has 2 bridgehead atoms. The van der Waals surface area contributed by atoms with Crippen LogP contribution in [0.1, 0.15) is 36.0 Å². The molecular weight excluding hydrogens is 238 g/mol. The van der Waals surface area contributed by atoms with Crippen LogP contribution in [-0.4, -0.2) is 12.1 Å². The van der Waals surface area contributed by atoms with Gasteiger partial charge in [0.1, 0.15) is 17.7 Å². The van der Waals surface area contributed by atoms with Gasteiger partial charge in [0.15, 0.2) is 0 Å². The van der Waals surface area contributed by atoms with Crippen LogP contribution < -0.4 is 0 Å². The quantitative estimate of drug-likeness (QED) is 0.755. The van der Waals surface area contributed by atoms with Gasteiger partial charge in [-0.3, -0.25) is 0 Å². The topological polar surface area (TPSA) is 26.3 Å². The Kier molecular flexibility index (Phi) is 2.80. The number of benzene rings is 1. The highest BCUT2D eigenvalue weighted by molar-refractivity contribution is 5.89. The van der Waals surface area contributed by atoms with Gasteiger partial charge in [0.05, 0.1) is 5.56 Å². The molecule has 18 heavy (non-hydrogen) atoms. The molecule has 2 fully saturated rings. The van der Waals surface area contributed by atoms with Gasteiger partial charge in [-0.15, -0.1) is 0 Å². The predicted octanol–water partition coefficient (Wildman–Crippen LogP) is 3.31. The van der Waals surface area contributed by atoms with Gasteiger partial charge in [0.25, 0.3) is 0 Å². The summed E-state index contributed by atoms with van der Waals surface area (Å²) in [7, 11) is 0. The van der Waals surface area contributed by atoms with Crippen molar-refractivity contribution < 1.29 is 18.3 Å². The highest BCUT2D eigenvalue weighted by Crippen LogP contribution is 2.46. The first-order valence-corrected chi connectivity index (χ1v) is 6.29. The maximum absolute atomic E-state index is 13.4. The van der Waals surface area contributed by atoms with Crippen LogP contribution in [0.5, 0.6) is 0 Å². The largest absolute Gasteiger partial charge is 0.458 e. The molecule has 2 nitrogen and oxygen atoms in total. The van der Waals surface area contributed by atoms with Gasteiger partial charge in [-0.25, -0.2) is 13.6 Å². The summed E-state index contributed by atoms with van der Waals surface area (Å²) in [5, 5.41) is 0. The van der Waals surface area contributed by atoms with Crippen molar-refractivity contribution in [3.8, 4) is 0 Å². The number of carbonyl (C=O) groups is 1. The molecule has 0 heterocycles. The van der Waals surface area contributed by atoms with Crippen molar-refractivity contribution in [2.24, 2.45) is 11.8 Å². The van der Waals surface area contributed by atoms with Gasteiger partial charge in [0.2, 0.25) is 0 Å². The fraction of sp³-hybridized carbons (Fsp3) is 0.500. The molecule has 3 rings (SSSR count). The van der Waals surface area contributed by atoms with Crippen molar-refractivity contribution in [2.75, 3.05) is 0 Å². The van der Waals surface area contributed by atoms with Crippen LogP contribution in [0.15, 0.2) is 18.2 Å². The standard InChI is InChI=1S/C14H14F2O2/c15-10-3-4-11(12(16)7-10)14(17)18-13-6-8-1-2-9(13)5-8/h3-4,7-9,13H,1-2,5-6H2. The maximum atomic E-state index is 13.4. The molecule has 4 heteroatoms. The molecule has 2 aliphatic carbocycles. The highest BCUT2D eigenvalue weighted by atomic mass is 19.1. The molecule has 0 amide bonds. The third-order valence-electron chi connectivity index (χ3n) is 4.08. The molecule has 1 aromatic carbocycles. The van der Waals surface area contributed by atoms with E-state index in [9.17, 15) is 13.6 Å². The molecule has 3 atom stereocenters. The van der Waals surface area contributed by atoms with E-state index in [0.717, 1.165) is 31.4 Å². The monoisotopic (exact) mass is 252 g/mol. The Morgan fingerprint density at radius 3 is 2.67 bits per heavy atom. The smallest absolute Gasteiger partial charge is 0.341 e. The van der Waals surface area contributed by atoms with Crippen molar-refractivity contribution in [1.82, 2.24) is 0 Å². The van der Waals surface area contributed by atoms with Gasteiger partial charge >= 0.3 is 5.97 Å². The van der Waals surface area contributed by atoms with E-state index in [1.165, 1.54) is 6.42 Å². The summed E-state index contributed by atoms with van der Waals surface area (Å²) < 4.78 is 31.5. The Bertz CT molecular complexity index is 487. The molecule has 0 saturated heterocycles. The average molecular weight is 252 g/mol. The van der Waals surface area contributed by atoms with Gasteiger partial charge < -0.3 is 4.74 Å². The highest BCUT2D eigenvalue weighted by Gasteiger charge is 2.41. The summed E-state index contributed by atoms with van der Waals surface area (Å²) in [6.07, 6.45) is 4.22. The molecule has 0 spiro atoms. The Morgan fingerprint density at radius 1 is 1.22 bits per heavy atom. The number of esters is 1. The first kappa shape index (κ1) is 11.6. The minimum Gasteiger partial charge on any atom is -0.458 e. The molecule has 0 aromatic heterocycles. The summed E-state index contributed by atoms with van der Waals surface area (Å²) in [6, 6.07) is 2.91. The van der Waals surface area contributed by atoms with Crippen LogP contribution in [-0.2, 0) is 4.74 Å². The first-order valence-electron chi connectivity index (χ1n) is 6.29. The van der Waals surface area contributed by atoms with Gasteiger partial charge in [-0.2, -0.15) is 0 Å². The molecular formula is C14H14F2O2. The van der Waals surface area contributed by atoms with E-state index in [-0.39, 0.29) is 11.7 Å². The Balaban J connectivity index is 1.71. The molecule has 3 unspecified atom stereocenters. The SMILES string of the molecule is O=C(OC1CC2CCC1C2)c1ccc(F)cc1F. The number of carbonyl (C=O) groups excluding carboxylic acids is 1. The number of ether oxygens (including phenoxy) is 1. The third kappa shape index (κ3) is 2.00. The lowest BCUT2D eigenvalue weighted by molar-refractivity contribution is 0.0153. The summed E-state index contributed by atoms with van der Waals surface area (Å²) >= 11 is 0. The van der Waals surface area contributed by atoms with Crippen molar-refractivity contribution in [3.63, 3.8) is 0 Å². The van der Waals surface area contributed by atoms with Crippen LogP contribution in [0, 0.1) is 23.5 Å². The number of hydrogen-bond donors (Lipinski definition) is 0. The van der Waals surface area contributed by atoms with Crippen molar-refractivity contribution >= 4 is 5.97 Å². The second-order valence-electron chi connectivity index (χ2n) is 5.24. The Hall–Kier alpha value is -1.45. The number of fused-ring (bicyclic) bond motifs is 2. The van der Waals surface area contributed by atoms with E-state index in [4.69, 9.17) is 4.74 Å². The van der Waals surface area contributed by atoms with Crippen LogP contribution in [0.4, 0.5) is 8.78 Å². The van der Waals surface area contributed by atoms with Gasteiger partial charge in [0, 0.05) is 6.07 Å². The van der Waals surface area contributed by atoms with Crippen LogP contribution >= 0.6 is 0 Å². The normalized spacial score (nSPS) is 29.6. The summed E-state index contributed by atoms with van der Waals surface area (Å²) in [5.41, 5.74) is -0.181. The number of rotatable bonds is 2.